The molecule has 0 saturated heterocycles. The van der Waals surface area contributed by atoms with Crippen molar-refractivity contribution in [3.8, 4) is 0 Å². The number of thiazole rings is 1. The summed E-state index contributed by atoms with van der Waals surface area (Å²) in [6.07, 6.45) is -4.22. The predicted molar refractivity (Wildman–Crippen MR) is 116 cm³/mol. The van der Waals surface area contributed by atoms with Gasteiger partial charge in [-0.15, -0.1) is 0 Å². The van der Waals surface area contributed by atoms with Gasteiger partial charge in [0.15, 0.2) is 10.9 Å². The number of carbonyl (C=O) groups excluding carboxylic acids is 2. The van der Waals surface area contributed by atoms with Gasteiger partial charge in [0.1, 0.15) is 0 Å². The summed E-state index contributed by atoms with van der Waals surface area (Å²) in [5, 5.41) is 5.93. The van der Waals surface area contributed by atoms with Gasteiger partial charge in [0.25, 0.3) is 0 Å². The van der Waals surface area contributed by atoms with Gasteiger partial charge in [-0.05, 0) is 36.4 Å². The first-order valence-corrected chi connectivity index (χ1v) is 10.4. The maximum atomic E-state index is 12.9. The van der Waals surface area contributed by atoms with Crippen LogP contribution in [-0.2, 0) is 18.0 Å². The molecule has 0 saturated carbocycles. The SMILES string of the molecule is CNC(=O)CCC(=O)c1ccc2c(c1)nc(Nc1nc3ccc(C(F)(F)F)cc3s1)n2C. The average Bonchev–Trinajstić information content (AvgIpc) is 3.30. The van der Waals surface area contributed by atoms with Crippen LogP contribution in [0, 0.1) is 0 Å². The van der Waals surface area contributed by atoms with Gasteiger partial charge in [-0.1, -0.05) is 11.3 Å². The lowest BCUT2D eigenvalue weighted by molar-refractivity contribution is -0.137. The molecule has 0 atom stereocenters. The molecule has 0 spiro atoms. The highest BCUT2D eigenvalue weighted by molar-refractivity contribution is 7.22. The topological polar surface area (TPSA) is 88.9 Å². The lowest BCUT2D eigenvalue weighted by Gasteiger charge is -2.04. The molecule has 2 N–H and O–H groups in total. The number of nitrogens with zero attached hydrogens (tertiary/aromatic N) is 3. The fourth-order valence-electron chi connectivity index (χ4n) is 3.23. The molecule has 11 heteroatoms. The number of ketones is 1. The number of anilines is 2. The van der Waals surface area contributed by atoms with Gasteiger partial charge in [0, 0.05) is 32.5 Å². The monoisotopic (exact) mass is 461 g/mol. The Morgan fingerprint density at radius 2 is 1.84 bits per heavy atom. The van der Waals surface area contributed by atoms with Crippen LogP contribution in [0.2, 0.25) is 0 Å². The lowest BCUT2D eigenvalue weighted by atomic mass is 10.1. The molecule has 2 aromatic carbocycles. The van der Waals surface area contributed by atoms with Gasteiger partial charge in [-0.25, -0.2) is 9.97 Å². The molecular formula is C21H18F3N5O2S. The molecule has 2 heterocycles. The number of hydrogen-bond acceptors (Lipinski definition) is 6. The van der Waals surface area contributed by atoms with E-state index in [1.807, 2.05) is 0 Å². The number of hydrogen-bond donors (Lipinski definition) is 2. The molecule has 0 radical (unpaired) electrons. The van der Waals surface area contributed by atoms with Crippen LogP contribution in [0.4, 0.5) is 24.3 Å². The fourth-order valence-corrected chi connectivity index (χ4v) is 4.13. The molecule has 0 aliphatic rings. The van der Waals surface area contributed by atoms with Crippen LogP contribution in [0.1, 0.15) is 28.8 Å². The number of aryl methyl sites for hydroxylation is 1. The number of aromatic nitrogens is 3. The molecule has 1 amide bonds. The second-order valence-corrected chi connectivity index (χ2v) is 8.15. The predicted octanol–water partition coefficient (Wildman–Crippen LogP) is 4.65. The second kappa shape index (κ2) is 8.23. The highest BCUT2D eigenvalue weighted by Crippen LogP contribution is 2.35. The number of alkyl halides is 3. The molecule has 0 aliphatic heterocycles. The molecule has 32 heavy (non-hydrogen) atoms. The van der Waals surface area contributed by atoms with E-state index in [0.29, 0.717) is 32.4 Å². The zero-order chi connectivity index (χ0) is 23.0. The molecule has 0 bridgehead atoms. The minimum absolute atomic E-state index is 0.0920. The van der Waals surface area contributed by atoms with Crippen molar-refractivity contribution in [1.29, 1.82) is 0 Å². The number of halogens is 3. The summed E-state index contributed by atoms with van der Waals surface area (Å²) in [5.74, 6) is 0.0642. The van der Waals surface area contributed by atoms with E-state index in [0.717, 1.165) is 29.0 Å². The summed E-state index contributed by atoms with van der Waals surface area (Å²) < 4.78 is 41.0. The van der Waals surface area contributed by atoms with Crippen LogP contribution in [0.25, 0.3) is 21.3 Å². The van der Waals surface area contributed by atoms with Crippen molar-refractivity contribution in [2.45, 2.75) is 19.0 Å². The smallest absolute Gasteiger partial charge is 0.359 e. The van der Waals surface area contributed by atoms with E-state index in [4.69, 9.17) is 0 Å². The summed E-state index contributed by atoms with van der Waals surface area (Å²) in [6, 6.07) is 8.50. The molecule has 0 aliphatic carbocycles. The number of nitrogens with one attached hydrogen (secondary N) is 2. The quantitative estimate of drug-likeness (QED) is 0.408. The van der Waals surface area contributed by atoms with Gasteiger partial charge >= 0.3 is 6.18 Å². The van der Waals surface area contributed by atoms with Crippen molar-refractivity contribution in [2.24, 2.45) is 7.05 Å². The highest BCUT2D eigenvalue weighted by atomic mass is 32.1. The first-order chi connectivity index (χ1) is 15.2. The van der Waals surface area contributed by atoms with Crippen LogP contribution in [0.5, 0.6) is 0 Å². The Hall–Kier alpha value is -3.47. The van der Waals surface area contributed by atoms with E-state index >= 15 is 0 Å². The van der Waals surface area contributed by atoms with Crippen molar-refractivity contribution in [3.63, 3.8) is 0 Å². The van der Waals surface area contributed by atoms with E-state index < -0.39 is 11.7 Å². The maximum absolute atomic E-state index is 12.9. The van der Waals surface area contributed by atoms with Crippen molar-refractivity contribution >= 4 is 55.4 Å². The van der Waals surface area contributed by atoms with Gasteiger partial charge in [0.2, 0.25) is 11.9 Å². The van der Waals surface area contributed by atoms with Crippen LogP contribution < -0.4 is 10.6 Å². The van der Waals surface area contributed by atoms with E-state index in [-0.39, 0.29) is 24.5 Å². The first kappa shape index (κ1) is 21.8. The Labute approximate surface area is 184 Å². The Morgan fingerprint density at radius 1 is 1.06 bits per heavy atom. The molecule has 0 fully saturated rings. The molecule has 4 rings (SSSR count). The maximum Gasteiger partial charge on any atom is 0.416 e. The Kier molecular flexibility index (Phi) is 5.59. The third-order valence-electron chi connectivity index (χ3n) is 5.00. The largest absolute Gasteiger partial charge is 0.416 e. The fraction of sp³-hybridized carbons (Fsp3) is 0.238. The minimum Gasteiger partial charge on any atom is -0.359 e. The van der Waals surface area contributed by atoms with E-state index in [9.17, 15) is 22.8 Å². The number of imidazole rings is 1. The molecule has 7 nitrogen and oxygen atoms in total. The number of rotatable bonds is 6. The Morgan fingerprint density at radius 3 is 2.56 bits per heavy atom. The van der Waals surface area contributed by atoms with Gasteiger partial charge in [-0.3, -0.25) is 9.59 Å². The molecule has 2 aromatic heterocycles. The van der Waals surface area contributed by atoms with Crippen LogP contribution >= 0.6 is 11.3 Å². The third kappa shape index (κ3) is 4.28. The third-order valence-corrected chi connectivity index (χ3v) is 5.93. The minimum atomic E-state index is -4.42. The number of amides is 1. The lowest BCUT2D eigenvalue weighted by Crippen LogP contribution is -2.18. The normalized spacial score (nSPS) is 11.8. The summed E-state index contributed by atoms with van der Waals surface area (Å²) in [5.41, 5.74) is 1.51. The van der Waals surface area contributed by atoms with Crippen LogP contribution in [-0.4, -0.2) is 33.3 Å². The van der Waals surface area contributed by atoms with Gasteiger partial charge in [0.05, 0.1) is 26.8 Å². The van der Waals surface area contributed by atoms with Crippen molar-refractivity contribution in [1.82, 2.24) is 19.9 Å². The van der Waals surface area contributed by atoms with Crippen molar-refractivity contribution < 1.29 is 22.8 Å². The standard InChI is InChI=1S/C21H18F3N5O2S/c1-25-18(31)8-7-16(30)11-3-6-15-14(9-11)26-19(29(15)2)28-20-27-13-5-4-12(21(22,23)24)10-17(13)32-20/h3-6,9-10H,7-8H2,1-2H3,(H,25,31)(H,26,27,28). The highest BCUT2D eigenvalue weighted by Gasteiger charge is 2.30. The number of fused-ring (bicyclic) bond motifs is 2. The first-order valence-electron chi connectivity index (χ1n) is 9.61. The zero-order valence-corrected chi connectivity index (χ0v) is 17.9. The van der Waals surface area contributed by atoms with E-state index in [1.165, 1.54) is 13.1 Å². The van der Waals surface area contributed by atoms with Crippen LogP contribution in [0.15, 0.2) is 36.4 Å². The zero-order valence-electron chi connectivity index (χ0n) is 17.1. The summed E-state index contributed by atoms with van der Waals surface area (Å²) >= 11 is 1.09. The van der Waals surface area contributed by atoms with Crippen LogP contribution in [0.3, 0.4) is 0 Å². The van der Waals surface area contributed by atoms with Crippen molar-refractivity contribution in [2.75, 3.05) is 12.4 Å². The van der Waals surface area contributed by atoms with E-state index in [2.05, 4.69) is 20.6 Å². The number of benzene rings is 2. The number of Topliss-reactive ketones (excluding diaryl/α,β-unsaturated/α-hetero) is 1. The van der Waals surface area contributed by atoms with E-state index in [1.54, 1.807) is 29.8 Å². The molecular weight excluding hydrogens is 443 g/mol. The summed E-state index contributed by atoms with van der Waals surface area (Å²) in [7, 11) is 3.29. The van der Waals surface area contributed by atoms with Gasteiger partial charge in [-0.2, -0.15) is 13.2 Å². The van der Waals surface area contributed by atoms with Crippen molar-refractivity contribution in [3.05, 3.63) is 47.5 Å². The Balaban J connectivity index is 1.59. The number of carbonyl (C=O) groups is 2. The summed E-state index contributed by atoms with van der Waals surface area (Å²) in [6.45, 7) is 0. The van der Waals surface area contributed by atoms with Gasteiger partial charge < -0.3 is 15.2 Å². The molecule has 166 valence electrons. The Bertz CT molecular complexity index is 1340. The summed E-state index contributed by atoms with van der Waals surface area (Å²) in [4.78, 5) is 32.6. The molecule has 0 unspecified atom stereocenters. The second-order valence-electron chi connectivity index (χ2n) is 7.12. The molecule has 4 aromatic rings. The average molecular weight is 461 g/mol.